The predicted molar refractivity (Wildman–Crippen MR) is 115 cm³/mol. The standard InChI is InChI=1S/C24H23ClO5/c1-16-21(26)23(28-15-17-7-3-2-4-8-17)22(18-10-12-19(25)13-11-18)30-24(16)29-20-9-5-6-14-27-20/h2-4,7-8,10-13,20H,5-6,9,14-15H2,1H3. The molecule has 3 aromatic rings. The molecule has 0 radical (unpaired) electrons. The van der Waals surface area contributed by atoms with Gasteiger partial charge in [-0.2, -0.15) is 0 Å². The third kappa shape index (κ3) is 4.69. The summed E-state index contributed by atoms with van der Waals surface area (Å²) in [5.41, 5.74) is 1.71. The summed E-state index contributed by atoms with van der Waals surface area (Å²) in [5, 5.41) is 0.590. The lowest BCUT2D eigenvalue weighted by Gasteiger charge is -2.23. The predicted octanol–water partition coefficient (Wildman–Crippen LogP) is 5.75. The van der Waals surface area contributed by atoms with Crippen LogP contribution in [0.25, 0.3) is 11.3 Å². The minimum atomic E-state index is -0.422. The number of rotatable bonds is 6. The van der Waals surface area contributed by atoms with Crippen molar-refractivity contribution in [3.63, 3.8) is 0 Å². The quantitative estimate of drug-likeness (QED) is 0.502. The number of ether oxygens (including phenoxy) is 3. The number of hydrogen-bond donors (Lipinski definition) is 0. The summed E-state index contributed by atoms with van der Waals surface area (Å²) in [4.78, 5) is 13.2. The molecular weight excluding hydrogens is 404 g/mol. The average Bonchev–Trinajstić information content (AvgIpc) is 2.78. The van der Waals surface area contributed by atoms with Crippen molar-refractivity contribution < 1.29 is 18.6 Å². The molecule has 30 heavy (non-hydrogen) atoms. The minimum Gasteiger partial charge on any atom is -0.481 e. The van der Waals surface area contributed by atoms with Crippen LogP contribution in [-0.2, 0) is 11.3 Å². The average molecular weight is 427 g/mol. The maximum atomic E-state index is 13.2. The molecule has 1 aliphatic heterocycles. The molecular formula is C24H23ClO5. The summed E-state index contributed by atoms with van der Waals surface area (Å²) in [6.07, 6.45) is 2.35. The minimum absolute atomic E-state index is 0.149. The summed E-state index contributed by atoms with van der Waals surface area (Å²) in [6.45, 7) is 2.55. The van der Waals surface area contributed by atoms with Crippen LogP contribution in [0.1, 0.15) is 30.4 Å². The van der Waals surface area contributed by atoms with Gasteiger partial charge in [0.05, 0.1) is 12.2 Å². The molecule has 0 saturated carbocycles. The zero-order chi connectivity index (χ0) is 20.9. The first-order chi connectivity index (χ1) is 14.6. The first kappa shape index (κ1) is 20.5. The van der Waals surface area contributed by atoms with Crippen LogP contribution in [-0.4, -0.2) is 12.9 Å². The van der Waals surface area contributed by atoms with Gasteiger partial charge in [-0.3, -0.25) is 4.79 Å². The maximum absolute atomic E-state index is 13.2. The van der Waals surface area contributed by atoms with Gasteiger partial charge in [0.1, 0.15) is 6.61 Å². The van der Waals surface area contributed by atoms with E-state index in [-0.39, 0.29) is 23.7 Å². The van der Waals surface area contributed by atoms with Crippen molar-refractivity contribution in [2.45, 2.75) is 39.1 Å². The molecule has 1 fully saturated rings. The Kier molecular flexibility index (Phi) is 6.41. The van der Waals surface area contributed by atoms with E-state index in [1.165, 1.54) is 0 Å². The van der Waals surface area contributed by atoms with Gasteiger partial charge >= 0.3 is 0 Å². The lowest BCUT2D eigenvalue weighted by molar-refractivity contribution is -0.115. The Balaban J connectivity index is 1.72. The van der Waals surface area contributed by atoms with Crippen molar-refractivity contribution >= 4 is 11.6 Å². The van der Waals surface area contributed by atoms with E-state index in [0.29, 0.717) is 28.5 Å². The van der Waals surface area contributed by atoms with Gasteiger partial charge in [-0.15, -0.1) is 0 Å². The molecule has 5 nitrogen and oxygen atoms in total. The molecule has 2 heterocycles. The summed E-state index contributed by atoms with van der Waals surface area (Å²) in [7, 11) is 0. The van der Waals surface area contributed by atoms with E-state index in [2.05, 4.69) is 0 Å². The monoisotopic (exact) mass is 426 g/mol. The van der Waals surface area contributed by atoms with Gasteiger partial charge in [-0.25, -0.2) is 0 Å². The lowest BCUT2D eigenvalue weighted by atomic mass is 10.1. The maximum Gasteiger partial charge on any atom is 0.294 e. The highest BCUT2D eigenvalue weighted by Gasteiger charge is 2.24. The number of halogens is 1. The molecule has 2 aromatic carbocycles. The van der Waals surface area contributed by atoms with Gasteiger partial charge < -0.3 is 18.6 Å². The summed E-state index contributed by atoms with van der Waals surface area (Å²) in [5.74, 6) is 0.614. The Morgan fingerprint density at radius 1 is 1.07 bits per heavy atom. The van der Waals surface area contributed by atoms with E-state index in [9.17, 15) is 4.79 Å². The van der Waals surface area contributed by atoms with E-state index in [1.807, 2.05) is 30.3 Å². The first-order valence-electron chi connectivity index (χ1n) is 10.0. The van der Waals surface area contributed by atoms with Crippen molar-refractivity contribution in [3.05, 3.63) is 81.0 Å². The van der Waals surface area contributed by atoms with Gasteiger partial charge in [0.15, 0.2) is 5.76 Å². The molecule has 1 aromatic heterocycles. The van der Waals surface area contributed by atoms with Gasteiger partial charge in [0, 0.05) is 17.0 Å². The van der Waals surface area contributed by atoms with Crippen LogP contribution in [0.15, 0.2) is 63.8 Å². The highest BCUT2D eigenvalue weighted by atomic mass is 35.5. The molecule has 0 aliphatic carbocycles. The van der Waals surface area contributed by atoms with Gasteiger partial charge in [-0.05, 0) is 49.6 Å². The van der Waals surface area contributed by atoms with E-state index in [1.54, 1.807) is 31.2 Å². The van der Waals surface area contributed by atoms with Gasteiger partial charge in [0.25, 0.3) is 5.95 Å². The second-order valence-corrected chi connectivity index (χ2v) is 7.63. The van der Waals surface area contributed by atoms with E-state index >= 15 is 0 Å². The van der Waals surface area contributed by atoms with Gasteiger partial charge in [-0.1, -0.05) is 41.9 Å². The third-order valence-electron chi connectivity index (χ3n) is 4.96. The van der Waals surface area contributed by atoms with Crippen LogP contribution >= 0.6 is 11.6 Å². The van der Waals surface area contributed by atoms with Crippen LogP contribution < -0.4 is 14.9 Å². The fraction of sp³-hybridized carbons (Fsp3) is 0.292. The molecule has 0 N–H and O–H groups in total. The van der Waals surface area contributed by atoms with E-state index in [0.717, 1.165) is 24.8 Å². The topological polar surface area (TPSA) is 57.9 Å². The highest BCUT2D eigenvalue weighted by molar-refractivity contribution is 6.30. The zero-order valence-corrected chi connectivity index (χ0v) is 17.5. The van der Waals surface area contributed by atoms with E-state index in [4.69, 9.17) is 30.2 Å². The van der Waals surface area contributed by atoms with Crippen LogP contribution in [0.3, 0.4) is 0 Å². The van der Waals surface area contributed by atoms with E-state index < -0.39 is 6.29 Å². The summed E-state index contributed by atoms with van der Waals surface area (Å²) >= 11 is 6.03. The molecule has 1 aliphatic rings. The van der Waals surface area contributed by atoms with Crippen LogP contribution in [0.2, 0.25) is 5.02 Å². The normalized spacial score (nSPS) is 16.3. The summed E-state index contributed by atoms with van der Waals surface area (Å²) < 4.78 is 23.5. The largest absolute Gasteiger partial charge is 0.481 e. The molecule has 0 spiro atoms. The Morgan fingerprint density at radius 3 is 2.53 bits per heavy atom. The number of benzene rings is 2. The Hall–Kier alpha value is -2.76. The Bertz CT molecular complexity index is 1040. The molecule has 1 saturated heterocycles. The highest BCUT2D eigenvalue weighted by Crippen LogP contribution is 2.34. The second-order valence-electron chi connectivity index (χ2n) is 7.20. The SMILES string of the molecule is Cc1c(OC2CCCCO2)oc(-c2ccc(Cl)cc2)c(OCc2ccccc2)c1=O. The van der Waals surface area contributed by atoms with Crippen molar-refractivity contribution in [2.24, 2.45) is 0 Å². The van der Waals surface area contributed by atoms with Crippen LogP contribution in [0.4, 0.5) is 0 Å². The molecule has 1 atom stereocenters. The van der Waals surface area contributed by atoms with Crippen LogP contribution in [0.5, 0.6) is 11.7 Å². The molecule has 156 valence electrons. The fourth-order valence-electron chi connectivity index (χ4n) is 3.27. The first-order valence-corrected chi connectivity index (χ1v) is 10.4. The van der Waals surface area contributed by atoms with Crippen molar-refractivity contribution in [1.29, 1.82) is 0 Å². The third-order valence-corrected chi connectivity index (χ3v) is 5.21. The Labute approximate surface area is 180 Å². The molecule has 0 bridgehead atoms. The van der Waals surface area contributed by atoms with Crippen molar-refractivity contribution in [2.75, 3.05) is 6.61 Å². The molecule has 1 unspecified atom stereocenters. The van der Waals surface area contributed by atoms with Crippen LogP contribution in [0, 0.1) is 6.92 Å². The van der Waals surface area contributed by atoms with Gasteiger partial charge in [0.2, 0.25) is 17.5 Å². The molecule has 6 heteroatoms. The fourth-order valence-corrected chi connectivity index (χ4v) is 3.40. The van der Waals surface area contributed by atoms with Crippen molar-refractivity contribution in [3.8, 4) is 23.0 Å². The van der Waals surface area contributed by atoms with Crippen molar-refractivity contribution in [1.82, 2.24) is 0 Å². The smallest absolute Gasteiger partial charge is 0.294 e. The second kappa shape index (κ2) is 9.37. The molecule has 4 rings (SSSR count). The Morgan fingerprint density at radius 2 is 1.83 bits per heavy atom. The lowest BCUT2D eigenvalue weighted by Crippen LogP contribution is -2.26. The summed E-state index contributed by atoms with van der Waals surface area (Å²) in [6, 6.07) is 16.7. The zero-order valence-electron chi connectivity index (χ0n) is 16.7. The number of hydrogen-bond acceptors (Lipinski definition) is 5. The molecule has 0 amide bonds.